The zero-order valence-electron chi connectivity index (χ0n) is 20.8. The Kier molecular flexibility index (Phi) is 12.6. The predicted molar refractivity (Wildman–Crippen MR) is 121 cm³/mol. The topological polar surface area (TPSA) is 158 Å². The van der Waals surface area contributed by atoms with E-state index in [0.717, 1.165) is 16.8 Å². The molecule has 0 radical (unpaired) electrons. The number of benzene rings is 2. The number of fused-ring (bicyclic) bond motifs is 1. The van der Waals surface area contributed by atoms with Crippen molar-refractivity contribution in [3.63, 3.8) is 0 Å². The number of amides is 2. The van der Waals surface area contributed by atoms with Crippen molar-refractivity contribution in [2.45, 2.75) is 32.2 Å². The maximum Gasteiger partial charge on any atom is 1.00 e. The molecule has 0 saturated heterocycles. The average Bonchev–Trinajstić information content (AvgIpc) is 3.46. The first-order valence-corrected chi connectivity index (χ1v) is 12.5. The normalized spacial score (nSPS) is 14.0. The summed E-state index contributed by atoms with van der Waals surface area (Å²) in [6.45, 7) is -0.922. The van der Waals surface area contributed by atoms with Crippen molar-refractivity contribution in [2.24, 2.45) is 0 Å². The molecule has 196 valence electrons. The fraction of sp³-hybridized carbons (Fsp3) is 0.227. The number of hydrogen-bond acceptors (Lipinski definition) is 8. The quantitative estimate of drug-likeness (QED) is 0.202. The molecule has 0 spiro atoms. The van der Waals surface area contributed by atoms with Crippen molar-refractivity contribution in [1.29, 1.82) is 0 Å². The van der Waals surface area contributed by atoms with Gasteiger partial charge in [-0.2, -0.15) is 5.10 Å². The third kappa shape index (κ3) is 9.07. The average molecular weight is 601 g/mol. The minimum atomic E-state index is -5.16. The third-order valence-corrected chi connectivity index (χ3v) is 6.17. The fourth-order valence-electron chi connectivity index (χ4n) is 3.85. The van der Waals surface area contributed by atoms with Crippen LogP contribution in [0.2, 0.25) is 5.02 Å². The predicted octanol–water partition coefficient (Wildman–Crippen LogP) is -3.21. The Hall–Kier alpha value is -1.35. The molecule has 0 aliphatic heterocycles. The van der Waals surface area contributed by atoms with Crippen molar-refractivity contribution in [1.82, 2.24) is 15.1 Å². The summed E-state index contributed by atoms with van der Waals surface area (Å²) < 4.78 is 48.8. The number of alkyl carbamates (subject to hydrolysis) is 1. The first-order chi connectivity index (χ1) is 17.5. The second-order valence-corrected chi connectivity index (χ2v) is 9.49. The van der Waals surface area contributed by atoms with E-state index in [-0.39, 0.29) is 93.3 Å². The van der Waals surface area contributed by atoms with E-state index in [4.69, 9.17) is 16.3 Å². The molecule has 39 heavy (non-hydrogen) atoms. The molecule has 11 nitrogen and oxygen atoms in total. The number of carbonyl (C=O) groups is 2. The van der Waals surface area contributed by atoms with Crippen LogP contribution in [0, 0.1) is 11.6 Å². The molecule has 2 aromatic carbocycles. The molecule has 0 unspecified atom stereocenters. The van der Waals surface area contributed by atoms with E-state index in [0.29, 0.717) is 18.4 Å². The van der Waals surface area contributed by atoms with E-state index in [1.54, 1.807) is 0 Å². The fourth-order valence-corrected chi connectivity index (χ4v) is 4.29. The van der Waals surface area contributed by atoms with Crippen LogP contribution < -0.4 is 79.5 Å². The number of halogens is 3. The number of phosphoric acid groups is 1. The Bertz CT molecular complexity index is 1410. The molecule has 1 aliphatic rings. The first-order valence-electron chi connectivity index (χ1n) is 10.7. The monoisotopic (exact) mass is 600 g/mol. The molecule has 0 fully saturated rings. The standard InChI is InChI=1S/C22H20ClF2N4O7P.2Na/c23-16-9-12(1-4-17(16)24)26-21(30)15-2-5-18(25)20-14(15)3-6-19(20)27-22(31)35-10-13-7-8-29(28-13)11-36-37(32,33)34;;/h1-2,4-5,7-9,19H,3,6,10-11H2,(H,26,30)(H,27,31)(H2,32,33,34);;/q;2*+1/p-2/t19-;;/m0../s1. The Morgan fingerprint density at radius 2 is 1.87 bits per heavy atom. The molecule has 1 atom stereocenters. The number of phosphoric ester groups is 1. The molecule has 3 aromatic rings. The molecular weight excluding hydrogens is 583 g/mol. The van der Waals surface area contributed by atoms with Crippen LogP contribution in [0.4, 0.5) is 19.3 Å². The summed E-state index contributed by atoms with van der Waals surface area (Å²) in [5.41, 5.74) is 1.27. The maximum atomic E-state index is 14.7. The summed E-state index contributed by atoms with van der Waals surface area (Å²) >= 11 is 5.75. The summed E-state index contributed by atoms with van der Waals surface area (Å²) in [6, 6.07) is 6.80. The van der Waals surface area contributed by atoms with Gasteiger partial charge in [0.2, 0.25) is 0 Å². The number of aromatic nitrogens is 2. The van der Waals surface area contributed by atoms with Crippen LogP contribution >= 0.6 is 19.4 Å². The molecule has 17 heteroatoms. The summed E-state index contributed by atoms with van der Waals surface area (Å²) in [5.74, 6) is -1.79. The van der Waals surface area contributed by atoms with Crippen LogP contribution in [0.25, 0.3) is 0 Å². The number of rotatable bonds is 8. The van der Waals surface area contributed by atoms with Gasteiger partial charge in [0.1, 0.15) is 30.7 Å². The van der Waals surface area contributed by atoms with Gasteiger partial charge in [0.15, 0.2) is 0 Å². The SMILES string of the molecule is O=C(N[C@H]1CCc2c(C(=O)Nc3ccc(F)c(Cl)c3)ccc(F)c21)OCc1ccn(COP(=O)([O-])[O-])n1.[Na+].[Na+]. The molecule has 1 heterocycles. The van der Waals surface area contributed by atoms with E-state index in [1.807, 2.05) is 0 Å². The van der Waals surface area contributed by atoms with Gasteiger partial charge in [-0.15, -0.1) is 0 Å². The van der Waals surface area contributed by atoms with Gasteiger partial charge >= 0.3 is 65.2 Å². The summed E-state index contributed by atoms with van der Waals surface area (Å²) in [7, 11) is -5.16. The maximum absolute atomic E-state index is 14.7. The van der Waals surface area contributed by atoms with Crippen molar-refractivity contribution in [2.75, 3.05) is 5.32 Å². The summed E-state index contributed by atoms with van der Waals surface area (Å²) in [6.07, 6.45) is 1.06. The molecule has 2 N–H and O–H groups in total. The zero-order valence-corrected chi connectivity index (χ0v) is 26.4. The Morgan fingerprint density at radius 1 is 1.15 bits per heavy atom. The van der Waals surface area contributed by atoms with Crippen LogP contribution in [0.1, 0.15) is 39.6 Å². The van der Waals surface area contributed by atoms with E-state index in [9.17, 15) is 32.7 Å². The van der Waals surface area contributed by atoms with Crippen LogP contribution in [0.15, 0.2) is 42.6 Å². The molecule has 4 rings (SSSR count). The number of anilines is 1. The number of nitrogens with one attached hydrogen (secondary N) is 2. The molecule has 0 bridgehead atoms. The zero-order chi connectivity index (χ0) is 26.7. The van der Waals surface area contributed by atoms with Gasteiger partial charge in [-0.25, -0.2) is 18.3 Å². The van der Waals surface area contributed by atoms with Gasteiger partial charge < -0.3 is 34.2 Å². The second kappa shape index (κ2) is 14.5. The van der Waals surface area contributed by atoms with Crippen LogP contribution in [-0.4, -0.2) is 21.8 Å². The van der Waals surface area contributed by atoms with Crippen molar-refractivity contribution >= 4 is 37.1 Å². The minimum absolute atomic E-state index is 0. The van der Waals surface area contributed by atoms with Crippen LogP contribution in [0.5, 0.6) is 0 Å². The van der Waals surface area contributed by atoms with E-state index in [2.05, 4.69) is 20.3 Å². The summed E-state index contributed by atoms with van der Waals surface area (Å²) in [4.78, 5) is 46.2. The second-order valence-electron chi connectivity index (χ2n) is 7.93. The van der Waals surface area contributed by atoms with Crippen LogP contribution in [0.3, 0.4) is 0 Å². The Morgan fingerprint density at radius 3 is 2.56 bits per heavy atom. The van der Waals surface area contributed by atoms with Gasteiger partial charge in [-0.1, -0.05) is 11.6 Å². The third-order valence-electron chi connectivity index (χ3n) is 5.44. The van der Waals surface area contributed by atoms with Gasteiger partial charge in [0.05, 0.1) is 18.9 Å². The van der Waals surface area contributed by atoms with Gasteiger partial charge in [0.25, 0.3) is 5.91 Å². The van der Waals surface area contributed by atoms with Crippen molar-refractivity contribution in [3.05, 3.63) is 81.6 Å². The molecule has 1 aromatic heterocycles. The van der Waals surface area contributed by atoms with Crippen molar-refractivity contribution < 1.29 is 101 Å². The number of ether oxygens (including phenoxy) is 1. The van der Waals surface area contributed by atoms with Gasteiger partial charge in [-0.05, 0) is 54.8 Å². The number of carbonyl (C=O) groups excluding carboxylic acids is 2. The molecular formula is C22H18ClF2N4Na2O7P. The van der Waals surface area contributed by atoms with Crippen molar-refractivity contribution in [3.8, 4) is 0 Å². The smallest absolute Gasteiger partial charge is 0.790 e. The largest absolute Gasteiger partial charge is 1.00 e. The first kappa shape index (κ1) is 33.9. The van der Waals surface area contributed by atoms with Crippen LogP contribution in [-0.2, 0) is 33.6 Å². The van der Waals surface area contributed by atoms with E-state index >= 15 is 0 Å². The molecule has 2 amide bonds. The number of nitrogens with zero attached hydrogens (tertiary/aromatic N) is 2. The minimum Gasteiger partial charge on any atom is -0.790 e. The van der Waals surface area contributed by atoms with Gasteiger partial charge in [-0.3, -0.25) is 4.79 Å². The number of hydrogen-bond donors (Lipinski definition) is 2. The Labute approximate surface area is 270 Å². The van der Waals surface area contributed by atoms with E-state index in [1.165, 1.54) is 30.5 Å². The molecule has 1 aliphatic carbocycles. The van der Waals surface area contributed by atoms with Gasteiger partial charge in [0, 0.05) is 23.0 Å². The molecule has 0 saturated carbocycles. The van der Waals surface area contributed by atoms with E-state index < -0.39 is 44.2 Å². The summed E-state index contributed by atoms with van der Waals surface area (Å²) in [5, 5.41) is 8.88. The Balaban J connectivity index is 0.00000267.